The molecule has 3 aromatic carbocycles. The zero-order valence-corrected chi connectivity index (χ0v) is 27.4. The second kappa shape index (κ2) is 13.0. The third kappa shape index (κ3) is 6.73. The van der Waals surface area contributed by atoms with Crippen LogP contribution in [0, 0.1) is 6.92 Å². The molecule has 0 radical (unpaired) electrons. The minimum Gasteiger partial charge on any atom is -0.481 e. The van der Waals surface area contributed by atoms with Crippen molar-refractivity contribution in [2.75, 3.05) is 14.2 Å². The number of halogens is 9. The van der Waals surface area contributed by atoms with Crippen LogP contribution in [0.4, 0.5) is 44.3 Å². The van der Waals surface area contributed by atoms with Crippen molar-refractivity contribution in [1.29, 1.82) is 0 Å². The van der Waals surface area contributed by atoms with Crippen molar-refractivity contribution in [1.82, 2.24) is 15.2 Å². The Bertz CT molecular complexity index is 2030. The van der Waals surface area contributed by atoms with Gasteiger partial charge >= 0.3 is 30.5 Å². The molecular weight excluding hydrogens is 709 g/mol. The van der Waals surface area contributed by atoms with E-state index in [0.717, 1.165) is 12.1 Å². The molecule has 2 aliphatic rings. The highest BCUT2D eigenvalue weighted by Gasteiger charge is 2.50. The number of nitrogens with one attached hydrogen (secondary N) is 1. The number of methoxy groups -OCH3 is 2. The number of rotatable bonds is 6. The van der Waals surface area contributed by atoms with Gasteiger partial charge in [-0.2, -0.15) is 39.5 Å². The molecule has 0 unspecified atom stereocenters. The fourth-order valence-electron chi connectivity index (χ4n) is 6.98. The summed E-state index contributed by atoms with van der Waals surface area (Å²) in [6.07, 6.45) is -13.5. The van der Waals surface area contributed by atoms with Crippen molar-refractivity contribution in [3.63, 3.8) is 0 Å². The summed E-state index contributed by atoms with van der Waals surface area (Å²) in [4.78, 5) is 31.1. The van der Waals surface area contributed by atoms with E-state index in [4.69, 9.17) is 9.47 Å². The first-order chi connectivity index (χ1) is 24.3. The third-order valence-electron chi connectivity index (χ3n) is 9.33. The number of pyridine rings is 1. The zero-order chi connectivity index (χ0) is 37.9. The fourth-order valence-corrected chi connectivity index (χ4v) is 6.98. The van der Waals surface area contributed by atoms with Gasteiger partial charge < -0.3 is 19.7 Å². The van der Waals surface area contributed by atoms with Gasteiger partial charge in [-0.15, -0.1) is 0 Å². The molecule has 2 aliphatic heterocycles. The Morgan fingerprint density at radius 2 is 1.42 bits per heavy atom. The molecule has 2 fully saturated rings. The predicted molar refractivity (Wildman–Crippen MR) is 168 cm³/mol. The van der Waals surface area contributed by atoms with Gasteiger partial charge in [0.05, 0.1) is 54.6 Å². The van der Waals surface area contributed by atoms with Gasteiger partial charge in [-0.05, 0) is 96.1 Å². The molecular formula is C36H28F9N3O4. The minimum absolute atomic E-state index is 0.0168. The lowest BCUT2D eigenvalue weighted by Crippen LogP contribution is -2.32. The quantitative estimate of drug-likeness (QED) is 0.158. The number of fused-ring (bicyclic) bond motifs is 1. The molecule has 3 atom stereocenters. The molecule has 274 valence electrons. The van der Waals surface area contributed by atoms with Gasteiger partial charge in [-0.1, -0.05) is 12.1 Å². The SMILES string of the molecule is COC(=O)c1ccc(-c2cnc(OC)c(-c3ccc(C(F)(F)F)cc3[C@@H]3CC[C@H]4[C@@H](c5cc(C(F)(F)F)cc(C(F)(F)F)c5)NC(=O)N34)c2)c(C)c1. The molecule has 16 heteroatoms. The molecule has 4 aromatic rings. The van der Waals surface area contributed by atoms with Crippen LogP contribution in [0.25, 0.3) is 22.3 Å². The largest absolute Gasteiger partial charge is 0.481 e. The topological polar surface area (TPSA) is 80.8 Å². The normalized spacial score (nSPS) is 19.0. The number of esters is 1. The van der Waals surface area contributed by atoms with Crippen molar-refractivity contribution in [3.05, 3.63) is 106 Å². The second-order valence-corrected chi connectivity index (χ2v) is 12.4. The van der Waals surface area contributed by atoms with E-state index in [1.807, 2.05) is 0 Å². The Labute approximate surface area is 290 Å². The van der Waals surface area contributed by atoms with Crippen LogP contribution in [0.5, 0.6) is 5.88 Å². The third-order valence-corrected chi connectivity index (χ3v) is 9.33. The maximum absolute atomic E-state index is 14.1. The molecule has 3 heterocycles. The summed E-state index contributed by atoms with van der Waals surface area (Å²) < 4.78 is 135. The fraction of sp³-hybridized carbons (Fsp3) is 0.306. The molecule has 7 nitrogen and oxygen atoms in total. The maximum Gasteiger partial charge on any atom is 0.416 e. The average Bonchev–Trinajstić information content (AvgIpc) is 3.67. The number of ether oxygens (including phenoxy) is 2. The van der Waals surface area contributed by atoms with Crippen molar-refractivity contribution in [3.8, 4) is 28.1 Å². The lowest BCUT2D eigenvalue weighted by atomic mass is 9.90. The van der Waals surface area contributed by atoms with E-state index in [1.54, 1.807) is 25.1 Å². The van der Waals surface area contributed by atoms with E-state index in [-0.39, 0.29) is 47.0 Å². The van der Waals surface area contributed by atoms with E-state index < -0.39 is 70.9 Å². The number of nitrogens with zero attached hydrogens (tertiary/aromatic N) is 2. The van der Waals surface area contributed by atoms with E-state index >= 15 is 0 Å². The van der Waals surface area contributed by atoms with Gasteiger partial charge in [-0.25, -0.2) is 14.6 Å². The molecule has 0 saturated carbocycles. The summed E-state index contributed by atoms with van der Waals surface area (Å²) in [5.41, 5.74) is -2.09. The Kier molecular flexibility index (Phi) is 9.16. The molecule has 0 aliphatic carbocycles. The van der Waals surface area contributed by atoms with Crippen LogP contribution in [0.15, 0.2) is 66.9 Å². The lowest BCUT2D eigenvalue weighted by molar-refractivity contribution is -0.143. The highest BCUT2D eigenvalue weighted by Crippen LogP contribution is 2.50. The second-order valence-electron chi connectivity index (χ2n) is 12.4. The molecule has 2 amide bonds. The number of carbonyl (C=O) groups is 2. The number of hydrogen-bond donors (Lipinski definition) is 1. The number of amides is 2. The lowest BCUT2D eigenvalue weighted by Gasteiger charge is -2.27. The Hall–Kier alpha value is -5.28. The molecule has 0 bridgehead atoms. The summed E-state index contributed by atoms with van der Waals surface area (Å²) in [5.74, 6) is -0.537. The highest BCUT2D eigenvalue weighted by atomic mass is 19.4. The summed E-state index contributed by atoms with van der Waals surface area (Å²) in [6, 6.07) is 6.12. The van der Waals surface area contributed by atoms with Gasteiger partial charge in [0.1, 0.15) is 0 Å². The van der Waals surface area contributed by atoms with E-state index in [1.165, 1.54) is 37.4 Å². The average molecular weight is 738 g/mol. The molecule has 6 rings (SSSR count). The monoisotopic (exact) mass is 737 g/mol. The van der Waals surface area contributed by atoms with Crippen molar-refractivity contribution in [2.45, 2.75) is 56.4 Å². The first-order valence-corrected chi connectivity index (χ1v) is 15.6. The van der Waals surface area contributed by atoms with Gasteiger partial charge in [-0.3, -0.25) is 0 Å². The van der Waals surface area contributed by atoms with Crippen molar-refractivity contribution in [2.24, 2.45) is 0 Å². The number of hydrogen-bond acceptors (Lipinski definition) is 5. The zero-order valence-electron chi connectivity index (χ0n) is 27.4. The minimum atomic E-state index is -5.13. The summed E-state index contributed by atoms with van der Waals surface area (Å²) in [5, 5.41) is 2.47. The van der Waals surface area contributed by atoms with E-state index in [9.17, 15) is 49.1 Å². The molecule has 1 N–H and O–H groups in total. The van der Waals surface area contributed by atoms with E-state index in [2.05, 4.69) is 10.3 Å². The van der Waals surface area contributed by atoms with Crippen molar-refractivity contribution < 1.29 is 58.6 Å². The van der Waals surface area contributed by atoms with Gasteiger partial charge in [0.2, 0.25) is 5.88 Å². The van der Waals surface area contributed by atoms with E-state index in [0.29, 0.717) is 28.8 Å². The number of carbonyl (C=O) groups excluding carboxylic acids is 2. The predicted octanol–water partition coefficient (Wildman–Crippen LogP) is 9.55. The molecule has 1 aromatic heterocycles. The standard InChI is InChI=1S/C36H28F9N3O4/c1-17-10-18(32(49)52-3)4-6-24(17)20-13-27(31(51-2)46-16-20)25-7-5-21(34(37,38)39)15-26(25)28-8-9-29-30(47-33(50)48(28)29)19-11-22(35(40,41)42)14-23(12-19)36(43,44)45/h4-7,10-16,28-30H,8-9H2,1-3H3,(H,47,50)/t28-,29-,30+/m0/s1. The van der Waals surface area contributed by atoms with Crippen molar-refractivity contribution >= 4 is 12.0 Å². The van der Waals surface area contributed by atoms with Gasteiger partial charge in [0.25, 0.3) is 0 Å². The Balaban J connectivity index is 1.46. The van der Waals surface area contributed by atoms with Gasteiger partial charge in [0.15, 0.2) is 0 Å². The summed E-state index contributed by atoms with van der Waals surface area (Å²) in [7, 11) is 2.54. The van der Waals surface area contributed by atoms with Crippen LogP contribution in [0.3, 0.4) is 0 Å². The first-order valence-electron chi connectivity index (χ1n) is 15.6. The number of aryl methyl sites for hydroxylation is 1. The van der Waals surface area contributed by atoms with Gasteiger partial charge in [0, 0.05) is 17.3 Å². The summed E-state index contributed by atoms with van der Waals surface area (Å²) in [6.45, 7) is 1.73. The van der Waals surface area contributed by atoms with Crippen LogP contribution in [-0.2, 0) is 23.3 Å². The maximum atomic E-state index is 14.1. The first kappa shape index (κ1) is 36.5. The molecule has 0 spiro atoms. The Morgan fingerprint density at radius 1 is 0.788 bits per heavy atom. The van der Waals surface area contributed by atoms with Crippen LogP contribution in [-0.4, -0.2) is 42.1 Å². The Morgan fingerprint density at radius 3 is 2.00 bits per heavy atom. The van der Waals surface area contributed by atoms with Crippen LogP contribution in [0.1, 0.15) is 68.7 Å². The highest BCUT2D eigenvalue weighted by molar-refractivity contribution is 5.91. The van der Waals surface area contributed by atoms with Crippen LogP contribution < -0.4 is 10.1 Å². The molecule has 2 saturated heterocycles. The summed E-state index contributed by atoms with van der Waals surface area (Å²) >= 11 is 0. The smallest absolute Gasteiger partial charge is 0.416 e. The number of aromatic nitrogens is 1. The number of benzene rings is 3. The van der Waals surface area contributed by atoms with Crippen LogP contribution in [0.2, 0.25) is 0 Å². The number of urea groups is 1. The number of alkyl halides is 9. The van der Waals surface area contributed by atoms with Crippen LogP contribution >= 0.6 is 0 Å². The molecule has 52 heavy (non-hydrogen) atoms.